The van der Waals surface area contributed by atoms with Gasteiger partial charge in [0.25, 0.3) is 5.89 Å². The molecule has 0 aromatic carbocycles. The number of likely N-dealkylation sites (tertiary alicyclic amines) is 1. The molecule has 0 atom stereocenters. The molecule has 1 fully saturated rings. The molecular weight excluding hydrogens is 256 g/mol. The van der Waals surface area contributed by atoms with E-state index in [2.05, 4.69) is 15.1 Å². The van der Waals surface area contributed by atoms with Gasteiger partial charge in [-0.25, -0.2) is 0 Å². The molecule has 0 amide bonds. The summed E-state index contributed by atoms with van der Waals surface area (Å²) in [6, 6.07) is 3.62. The fourth-order valence-corrected chi connectivity index (χ4v) is 2.68. The van der Waals surface area contributed by atoms with Crippen LogP contribution in [0.3, 0.4) is 0 Å². The van der Waals surface area contributed by atoms with Crippen molar-refractivity contribution in [2.45, 2.75) is 25.8 Å². The van der Waals surface area contributed by atoms with Crippen LogP contribution in [0.1, 0.15) is 25.2 Å². The minimum Gasteiger partial charge on any atom is -0.459 e. The molecule has 1 aliphatic rings. The van der Waals surface area contributed by atoms with Crippen molar-refractivity contribution in [3.05, 3.63) is 24.3 Å². The predicted octanol–water partition coefficient (Wildman–Crippen LogP) is 1.89. The molecule has 1 aliphatic heterocycles. The van der Waals surface area contributed by atoms with E-state index in [1.165, 1.54) is 12.8 Å². The van der Waals surface area contributed by atoms with Crippen molar-refractivity contribution >= 4 is 0 Å². The summed E-state index contributed by atoms with van der Waals surface area (Å²) in [6.45, 7) is 3.65. The van der Waals surface area contributed by atoms with Gasteiger partial charge in [-0.3, -0.25) is 4.90 Å². The molecule has 6 nitrogen and oxygen atoms in total. The van der Waals surface area contributed by atoms with Gasteiger partial charge < -0.3 is 14.6 Å². The third-order valence-corrected chi connectivity index (χ3v) is 3.84. The molecule has 0 bridgehead atoms. The first-order valence-electron chi connectivity index (χ1n) is 7.14. The van der Waals surface area contributed by atoms with Crippen molar-refractivity contribution in [3.8, 4) is 11.7 Å². The van der Waals surface area contributed by atoms with Crippen LogP contribution < -0.4 is 5.73 Å². The second-order valence-corrected chi connectivity index (χ2v) is 5.28. The molecule has 108 valence electrons. The smallest absolute Gasteiger partial charge is 0.283 e. The first kappa shape index (κ1) is 13.3. The van der Waals surface area contributed by atoms with E-state index in [1.54, 1.807) is 12.3 Å². The van der Waals surface area contributed by atoms with Crippen molar-refractivity contribution in [2.75, 3.05) is 19.6 Å². The highest BCUT2D eigenvalue weighted by molar-refractivity contribution is 5.42. The predicted molar refractivity (Wildman–Crippen MR) is 73.7 cm³/mol. The van der Waals surface area contributed by atoms with E-state index in [0.29, 0.717) is 24.1 Å². The number of piperidine rings is 1. The van der Waals surface area contributed by atoms with Crippen LogP contribution in [-0.2, 0) is 6.54 Å². The van der Waals surface area contributed by atoms with E-state index in [-0.39, 0.29) is 0 Å². The lowest BCUT2D eigenvalue weighted by atomic mass is 9.94. The molecule has 3 heterocycles. The van der Waals surface area contributed by atoms with E-state index >= 15 is 0 Å². The fraction of sp³-hybridized carbons (Fsp3) is 0.571. The SMILES string of the molecule is NCCC1CCN(Cc2nnc(-c3ccco3)o2)CC1. The summed E-state index contributed by atoms with van der Waals surface area (Å²) in [5.41, 5.74) is 5.61. The van der Waals surface area contributed by atoms with E-state index in [4.69, 9.17) is 14.6 Å². The van der Waals surface area contributed by atoms with Crippen LogP contribution in [0.15, 0.2) is 27.2 Å². The van der Waals surface area contributed by atoms with Crippen molar-refractivity contribution < 1.29 is 8.83 Å². The molecule has 6 heteroatoms. The van der Waals surface area contributed by atoms with Crippen molar-refractivity contribution in [3.63, 3.8) is 0 Å². The van der Waals surface area contributed by atoms with Gasteiger partial charge in [-0.15, -0.1) is 10.2 Å². The Labute approximate surface area is 117 Å². The van der Waals surface area contributed by atoms with Crippen molar-refractivity contribution in [2.24, 2.45) is 11.7 Å². The summed E-state index contributed by atoms with van der Waals surface area (Å²) < 4.78 is 10.9. The summed E-state index contributed by atoms with van der Waals surface area (Å²) in [5.74, 6) is 2.49. The molecule has 2 N–H and O–H groups in total. The topological polar surface area (TPSA) is 81.3 Å². The number of hydrogen-bond acceptors (Lipinski definition) is 6. The number of rotatable bonds is 5. The summed E-state index contributed by atoms with van der Waals surface area (Å²) >= 11 is 0. The summed E-state index contributed by atoms with van der Waals surface area (Å²) in [4.78, 5) is 2.35. The molecule has 0 radical (unpaired) electrons. The van der Waals surface area contributed by atoms with Gasteiger partial charge in [-0.05, 0) is 56.9 Å². The third-order valence-electron chi connectivity index (χ3n) is 3.84. The summed E-state index contributed by atoms with van der Waals surface area (Å²) in [6.07, 6.45) is 5.14. The Morgan fingerprint density at radius 1 is 1.30 bits per heavy atom. The monoisotopic (exact) mass is 276 g/mol. The van der Waals surface area contributed by atoms with Gasteiger partial charge in [0, 0.05) is 0 Å². The van der Waals surface area contributed by atoms with Crippen molar-refractivity contribution in [1.29, 1.82) is 0 Å². The zero-order chi connectivity index (χ0) is 13.8. The molecule has 0 aliphatic carbocycles. The normalized spacial score (nSPS) is 17.6. The standard InChI is InChI=1S/C14H20N4O2/c15-6-3-11-4-7-18(8-5-11)10-13-16-17-14(20-13)12-2-1-9-19-12/h1-2,9,11H,3-8,10,15H2. The van der Waals surface area contributed by atoms with Gasteiger partial charge in [0.2, 0.25) is 5.89 Å². The highest BCUT2D eigenvalue weighted by Crippen LogP contribution is 2.22. The van der Waals surface area contributed by atoms with E-state index < -0.39 is 0 Å². The number of hydrogen-bond donors (Lipinski definition) is 1. The number of aromatic nitrogens is 2. The average Bonchev–Trinajstić information content (AvgIpc) is 3.12. The lowest BCUT2D eigenvalue weighted by molar-refractivity contribution is 0.161. The van der Waals surface area contributed by atoms with Crippen LogP contribution >= 0.6 is 0 Å². The van der Waals surface area contributed by atoms with Gasteiger partial charge in [-0.2, -0.15) is 0 Å². The second kappa shape index (κ2) is 6.19. The first-order valence-corrected chi connectivity index (χ1v) is 7.14. The van der Waals surface area contributed by atoms with Crippen LogP contribution in [-0.4, -0.2) is 34.7 Å². The quantitative estimate of drug-likeness (QED) is 0.898. The van der Waals surface area contributed by atoms with Gasteiger partial charge in [0.15, 0.2) is 5.76 Å². The maximum atomic E-state index is 5.63. The van der Waals surface area contributed by atoms with Gasteiger partial charge in [0.05, 0.1) is 12.8 Å². The Balaban J connectivity index is 1.54. The van der Waals surface area contributed by atoms with E-state index in [1.807, 2.05) is 6.07 Å². The highest BCUT2D eigenvalue weighted by atomic mass is 16.4. The summed E-state index contributed by atoms with van der Waals surface area (Å²) in [5, 5.41) is 8.10. The molecule has 2 aromatic rings. The fourth-order valence-electron chi connectivity index (χ4n) is 2.68. The molecule has 20 heavy (non-hydrogen) atoms. The molecule has 3 rings (SSSR count). The van der Waals surface area contributed by atoms with Crippen molar-refractivity contribution in [1.82, 2.24) is 15.1 Å². The van der Waals surface area contributed by atoms with Crippen LogP contribution in [0.4, 0.5) is 0 Å². The minimum atomic E-state index is 0.447. The third kappa shape index (κ3) is 3.08. The molecule has 1 saturated heterocycles. The van der Waals surface area contributed by atoms with E-state index in [0.717, 1.165) is 32.0 Å². The van der Waals surface area contributed by atoms with Crippen LogP contribution in [0.2, 0.25) is 0 Å². The molecule has 0 saturated carbocycles. The molecule has 0 unspecified atom stereocenters. The Morgan fingerprint density at radius 2 is 2.15 bits per heavy atom. The lowest BCUT2D eigenvalue weighted by Crippen LogP contribution is -2.33. The zero-order valence-corrected chi connectivity index (χ0v) is 11.5. The van der Waals surface area contributed by atoms with Crippen LogP contribution in [0.25, 0.3) is 11.7 Å². The molecular formula is C14H20N4O2. The van der Waals surface area contributed by atoms with E-state index in [9.17, 15) is 0 Å². The Bertz CT molecular complexity index is 515. The second-order valence-electron chi connectivity index (χ2n) is 5.28. The minimum absolute atomic E-state index is 0.447. The van der Waals surface area contributed by atoms with Gasteiger partial charge >= 0.3 is 0 Å². The van der Waals surface area contributed by atoms with Crippen LogP contribution in [0.5, 0.6) is 0 Å². The molecule has 2 aromatic heterocycles. The highest BCUT2D eigenvalue weighted by Gasteiger charge is 2.20. The summed E-state index contributed by atoms with van der Waals surface area (Å²) in [7, 11) is 0. The van der Waals surface area contributed by atoms with Gasteiger partial charge in [-0.1, -0.05) is 0 Å². The molecule has 0 spiro atoms. The maximum Gasteiger partial charge on any atom is 0.283 e. The number of nitrogens with two attached hydrogens (primary N) is 1. The average molecular weight is 276 g/mol. The largest absolute Gasteiger partial charge is 0.459 e. The Hall–Kier alpha value is -1.66. The Kier molecular flexibility index (Phi) is 4.13. The number of nitrogens with zero attached hydrogens (tertiary/aromatic N) is 3. The zero-order valence-electron chi connectivity index (χ0n) is 11.5. The Morgan fingerprint density at radius 3 is 2.85 bits per heavy atom. The lowest BCUT2D eigenvalue weighted by Gasteiger charge is -2.30. The first-order chi connectivity index (χ1) is 9.85. The van der Waals surface area contributed by atoms with Gasteiger partial charge in [0.1, 0.15) is 0 Å². The maximum absolute atomic E-state index is 5.63. The number of furan rings is 1. The van der Waals surface area contributed by atoms with Crippen LogP contribution in [0, 0.1) is 5.92 Å².